The Hall–Kier alpha value is 0.0700. The molecule has 0 rings (SSSR count). The van der Waals surface area contributed by atoms with Gasteiger partial charge in [-0.25, -0.2) is 0 Å². The van der Waals surface area contributed by atoms with Gasteiger partial charge in [0.15, 0.2) is 0 Å². The van der Waals surface area contributed by atoms with Gasteiger partial charge in [-0.15, -0.1) is 0 Å². The first kappa shape index (κ1) is 11.1. The van der Waals surface area contributed by atoms with Gasteiger partial charge in [0.25, 0.3) is 0 Å². The Balaban J connectivity index is 3.22. The van der Waals surface area contributed by atoms with Gasteiger partial charge in [-0.3, -0.25) is 4.21 Å². The summed E-state index contributed by atoms with van der Waals surface area (Å²) in [5.41, 5.74) is 0. The molecular weight excluding hydrogens is 162 g/mol. The molecular formula is C7H17NO2S. The first-order valence-electron chi connectivity index (χ1n) is 3.85. The van der Waals surface area contributed by atoms with Crippen molar-refractivity contribution in [1.82, 2.24) is 5.32 Å². The minimum absolute atomic E-state index is 0.372. The van der Waals surface area contributed by atoms with Gasteiger partial charge in [-0.1, -0.05) is 6.92 Å². The van der Waals surface area contributed by atoms with Crippen LogP contribution in [-0.4, -0.2) is 40.5 Å². The van der Waals surface area contributed by atoms with Crippen LogP contribution in [0.25, 0.3) is 0 Å². The number of aliphatic hydroxyl groups excluding tert-OH is 1. The lowest BCUT2D eigenvalue weighted by Gasteiger charge is -2.08. The molecule has 0 aliphatic rings. The molecule has 68 valence electrons. The van der Waals surface area contributed by atoms with E-state index in [1.807, 2.05) is 0 Å². The summed E-state index contributed by atoms with van der Waals surface area (Å²) in [6.07, 6.45) is 2.19. The Morgan fingerprint density at radius 1 is 1.64 bits per heavy atom. The molecule has 3 nitrogen and oxygen atoms in total. The molecule has 0 aliphatic carbocycles. The molecule has 0 amide bonds. The van der Waals surface area contributed by atoms with Crippen molar-refractivity contribution in [2.75, 3.05) is 25.1 Å². The van der Waals surface area contributed by atoms with Gasteiger partial charge >= 0.3 is 0 Å². The third-order valence-corrected chi connectivity index (χ3v) is 2.09. The first-order valence-corrected chi connectivity index (χ1v) is 5.58. The SMILES string of the molecule is CCCNCC(O)CS(C)=O. The van der Waals surface area contributed by atoms with E-state index in [1.54, 1.807) is 6.26 Å². The molecule has 0 aromatic heterocycles. The molecule has 4 heteroatoms. The van der Waals surface area contributed by atoms with Gasteiger partial charge in [-0.2, -0.15) is 0 Å². The number of nitrogens with one attached hydrogen (secondary N) is 1. The standard InChI is InChI=1S/C7H17NO2S/c1-3-4-8-5-7(9)6-11(2)10/h7-9H,3-6H2,1-2H3. The Bertz CT molecular complexity index is 119. The van der Waals surface area contributed by atoms with Crippen LogP contribution >= 0.6 is 0 Å². The Labute approximate surface area is 70.6 Å². The van der Waals surface area contributed by atoms with Gasteiger partial charge in [0.05, 0.1) is 11.9 Å². The summed E-state index contributed by atoms with van der Waals surface area (Å²) >= 11 is 0. The fourth-order valence-electron chi connectivity index (χ4n) is 0.775. The number of rotatable bonds is 6. The van der Waals surface area contributed by atoms with Crippen molar-refractivity contribution in [3.63, 3.8) is 0 Å². The predicted molar refractivity (Wildman–Crippen MR) is 48.1 cm³/mol. The third-order valence-electron chi connectivity index (χ3n) is 1.23. The molecule has 0 saturated carbocycles. The van der Waals surface area contributed by atoms with Gasteiger partial charge < -0.3 is 10.4 Å². The molecule has 0 radical (unpaired) electrons. The normalized spacial score (nSPS) is 16.3. The fraction of sp³-hybridized carbons (Fsp3) is 1.00. The fourth-order valence-corrected chi connectivity index (χ4v) is 1.44. The first-order chi connectivity index (χ1) is 5.16. The van der Waals surface area contributed by atoms with Gasteiger partial charge in [0.2, 0.25) is 0 Å². The maximum Gasteiger partial charge on any atom is 0.0779 e. The topological polar surface area (TPSA) is 49.3 Å². The second-order valence-corrected chi connectivity index (χ2v) is 4.08. The summed E-state index contributed by atoms with van der Waals surface area (Å²) in [6.45, 7) is 3.53. The van der Waals surface area contributed by atoms with E-state index in [-0.39, 0.29) is 0 Å². The molecule has 0 spiro atoms. The predicted octanol–water partition coefficient (Wildman–Crippen LogP) is -0.275. The van der Waals surface area contributed by atoms with Crippen molar-refractivity contribution < 1.29 is 9.32 Å². The second-order valence-electron chi connectivity index (χ2n) is 2.60. The maximum atomic E-state index is 10.6. The van der Waals surface area contributed by atoms with Crippen LogP contribution in [0.5, 0.6) is 0 Å². The van der Waals surface area contributed by atoms with Crippen LogP contribution in [0.15, 0.2) is 0 Å². The highest BCUT2D eigenvalue weighted by Crippen LogP contribution is 1.84. The average Bonchev–Trinajstić information content (AvgIpc) is 1.86. The van der Waals surface area contributed by atoms with Crippen molar-refractivity contribution in [3.05, 3.63) is 0 Å². The van der Waals surface area contributed by atoms with E-state index in [1.165, 1.54) is 0 Å². The zero-order valence-corrected chi connectivity index (χ0v) is 7.99. The Morgan fingerprint density at radius 2 is 2.27 bits per heavy atom. The second kappa shape index (κ2) is 6.76. The molecule has 0 fully saturated rings. The molecule has 2 atom stereocenters. The zero-order valence-electron chi connectivity index (χ0n) is 7.17. The number of hydrogen-bond acceptors (Lipinski definition) is 3. The molecule has 0 heterocycles. The van der Waals surface area contributed by atoms with Gasteiger partial charge in [-0.05, 0) is 13.0 Å². The third kappa shape index (κ3) is 7.97. The minimum atomic E-state index is -0.891. The van der Waals surface area contributed by atoms with Crippen molar-refractivity contribution in [1.29, 1.82) is 0 Å². The maximum absolute atomic E-state index is 10.6. The largest absolute Gasteiger partial charge is 0.391 e. The lowest BCUT2D eigenvalue weighted by Crippen LogP contribution is -2.31. The molecule has 0 bridgehead atoms. The number of aliphatic hydroxyl groups is 1. The van der Waals surface area contributed by atoms with E-state index in [0.29, 0.717) is 12.3 Å². The van der Waals surface area contributed by atoms with E-state index >= 15 is 0 Å². The van der Waals surface area contributed by atoms with Crippen molar-refractivity contribution in [2.24, 2.45) is 0 Å². The van der Waals surface area contributed by atoms with E-state index < -0.39 is 16.9 Å². The highest BCUT2D eigenvalue weighted by molar-refractivity contribution is 7.84. The molecule has 0 saturated heterocycles. The quantitative estimate of drug-likeness (QED) is 0.552. The van der Waals surface area contributed by atoms with E-state index in [9.17, 15) is 9.32 Å². The van der Waals surface area contributed by atoms with Crippen LogP contribution in [0.3, 0.4) is 0 Å². The Morgan fingerprint density at radius 3 is 2.73 bits per heavy atom. The lowest BCUT2D eigenvalue weighted by atomic mass is 10.4. The molecule has 11 heavy (non-hydrogen) atoms. The average molecular weight is 179 g/mol. The summed E-state index contributed by atoms with van der Waals surface area (Å²) in [4.78, 5) is 0. The minimum Gasteiger partial charge on any atom is -0.391 e. The summed E-state index contributed by atoms with van der Waals surface area (Å²) in [5.74, 6) is 0.372. The molecule has 0 aliphatic heterocycles. The van der Waals surface area contributed by atoms with Crippen LogP contribution in [0.2, 0.25) is 0 Å². The summed E-state index contributed by atoms with van der Waals surface area (Å²) in [5, 5.41) is 12.2. The summed E-state index contributed by atoms with van der Waals surface area (Å²) in [7, 11) is -0.891. The molecule has 2 unspecified atom stereocenters. The zero-order chi connectivity index (χ0) is 8.69. The van der Waals surface area contributed by atoms with Gasteiger partial charge in [0.1, 0.15) is 0 Å². The van der Waals surface area contributed by atoms with Gasteiger partial charge in [0, 0.05) is 23.6 Å². The highest BCUT2D eigenvalue weighted by Gasteiger charge is 2.04. The molecule has 0 aromatic carbocycles. The van der Waals surface area contributed by atoms with E-state index in [2.05, 4.69) is 12.2 Å². The smallest absolute Gasteiger partial charge is 0.0779 e. The van der Waals surface area contributed by atoms with Crippen LogP contribution in [0.1, 0.15) is 13.3 Å². The summed E-state index contributed by atoms with van der Waals surface area (Å²) < 4.78 is 10.6. The summed E-state index contributed by atoms with van der Waals surface area (Å²) in [6, 6.07) is 0. The van der Waals surface area contributed by atoms with Crippen LogP contribution < -0.4 is 5.32 Å². The van der Waals surface area contributed by atoms with Crippen molar-refractivity contribution >= 4 is 10.8 Å². The number of hydrogen-bond donors (Lipinski definition) is 2. The van der Waals surface area contributed by atoms with Crippen LogP contribution in [0, 0.1) is 0 Å². The molecule has 0 aromatic rings. The molecule has 2 N–H and O–H groups in total. The van der Waals surface area contributed by atoms with Crippen molar-refractivity contribution in [2.45, 2.75) is 19.4 Å². The van der Waals surface area contributed by atoms with Crippen molar-refractivity contribution in [3.8, 4) is 0 Å². The lowest BCUT2D eigenvalue weighted by molar-refractivity contribution is 0.195. The Kier molecular flexibility index (Phi) is 6.80. The van der Waals surface area contributed by atoms with E-state index in [4.69, 9.17) is 0 Å². The van der Waals surface area contributed by atoms with Crippen LogP contribution in [-0.2, 0) is 10.8 Å². The monoisotopic (exact) mass is 179 g/mol. The van der Waals surface area contributed by atoms with Crippen LogP contribution in [0.4, 0.5) is 0 Å². The van der Waals surface area contributed by atoms with E-state index in [0.717, 1.165) is 13.0 Å². The highest BCUT2D eigenvalue weighted by atomic mass is 32.2.